The van der Waals surface area contributed by atoms with Gasteiger partial charge in [0.25, 0.3) is 0 Å². The third-order valence-corrected chi connectivity index (χ3v) is 9.46. The number of esters is 4. The second kappa shape index (κ2) is 21.3. The Hall–Kier alpha value is -5.96. The number of ether oxygens (including phenoxy) is 8. The Labute approximate surface area is 343 Å². The molecule has 0 N–H and O–H groups in total. The molecule has 8 aliphatic heterocycles. The van der Waals surface area contributed by atoms with Crippen LogP contribution in [0, 0.1) is 0 Å². The van der Waals surface area contributed by atoms with Crippen LogP contribution in [0.1, 0.15) is 47.9 Å². The Morgan fingerprint density at radius 2 is 0.517 bits per heavy atom. The average Bonchev–Trinajstić information content (AvgIpc) is 4.12. The van der Waals surface area contributed by atoms with Crippen LogP contribution in [0.5, 0.6) is 0 Å². The second-order valence-corrected chi connectivity index (χ2v) is 13.6. The summed E-state index contributed by atoms with van der Waals surface area (Å²) in [4.78, 5) is 71.5. The van der Waals surface area contributed by atoms with Crippen molar-refractivity contribution in [2.75, 3.05) is 79.3 Å². The van der Waals surface area contributed by atoms with Crippen LogP contribution in [0.25, 0.3) is 0 Å². The average molecular weight is 837 g/mol. The highest BCUT2D eigenvalue weighted by molar-refractivity contribution is 6.07. The molecule has 4 atom stereocenters. The highest BCUT2D eigenvalue weighted by atomic mass is 16.7. The smallest absolute Gasteiger partial charge is 0.350 e. The summed E-state index contributed by atoms with van der Waals surface area (Å²) in [6.07, 6.45) is -2.62. The predicted molar refractivity (Wildman–Crippen MR) is 204 cm³/mol. The van der Waals surface area contributed by atoms with Gasteiger partial charge in [0.15, 0.2) is 0 Å². The molecule has 0 spiro atoms. The van der Waals surface area contributed by atoms with Gasteiger partial charge in [-0.2, -0.15) is 0 Å². The van der Waals surface area contributed by atoms with Crippen LogP contribution >= 0.6 is 0 Å². The van der Waals surface area contributed by atoms with Crippen LogP contribution in [-0.2, 0) is 76.4 Å². The van der Waals surface area contributed by atoms with Gasteiger partial charge in [0.05, 0.1) is 75.7 Å². The lowest BCUT2D eigenvalue weighted by molar-refractivity contribution is -0.158. The molecule has 0 fully saturated rings. The first-order chi connectivity index (χ1) is 29.4. The van der Waals surface area contributed by atoms with Gasteiger partial charge in [-0.3, -0.25) is 0 Å². The van der Waals surface area contributed by atoms with E-state index in [9.17, 15) is 19.2 Å². The zero-order chi connectivity index (χ0) is 41.5. The van der Waals surface area contributed by atoms with Crippen LogP contribution in [0.3, 0.4) is 0 Å². The van der Waals surface area contributed by atoms with Crippen molar-refractivity contribution >= 4 is 46.7 Å². The summed E-state index contributed by atoms with van der Waals surface area (Å²) in [6, 6.07) is 14.5. The van der Waals surface area contributed by atoms with Crippen molar-refractivity contribution in [2.45, 2.75) is 50.1 Å². The molecule has 20 nitrogen and oxygen atoms in total. The summed E-state index contributed by atoms with van der Waals surface area (Å²) in [7, 11) is 0. The van der Waals surface area contributed by atoms with Crippen molar-refractivity contribution in [1.29, 1.82) is 0 Å². The van der Waals surface area contributed by atoms with Crippen LogP contribution in [-0.4, -0.2) is 150 Å². The molecule has 0 saturated carbocycles. The molecule has 0 saturated heterocycles. The number of oxime groups is 4. The van der Waals surface area contributed by atoms with Crippen molar-refractivity contribution in [2.24, 2.45) is 20.6 Å². The summed E-state index contributed by atoms with van der Waals surface area (Å²) in [5.41, 5.74) is 5.32. The Kier molecular flexibility index (Phi) is 15.0. The van der Waals surface area contributed by atoms with Crippen molar-refractivity contribution in [1.82, 2.24) is 0 Å². The van der Waals surface area contributed by atoms with E-state index in [0.717, 1.165) is 22.3 Å². The minimum absolute atomic E-state index is 0.0144. The number of hydrogen-bond acceptors (Lipinski definition) is 20. The SMILES string of the molecule is O=C1OCCOCCOCCOC(=O)[C@H]2CC(=NO2)c2ccc(cc2)C2=NO[C@H](C2)C(=O)OCCOCCOCCOC(=O)[C@H]2CC(=NO2)c2ccc(cc2)C2=NO[C@@H]1C2. The van der Waals surface area contributed by atoms with Gasteiger partial charge in [0.1, 0.15) is 26.4 Å². The van der Waals surface area contributed by atoms with Gasteiger partial charge in [0.2, 0.25) is 24.4 Å². The van der Waals surface area contributed by atoms with E-state index in [0.29, 0.717) is 22.8 Å². The van der Waals surface area contributed by atoms with E-state index >= 15 is 0 Å². The first-order valence-electron chi connectivity index (χ1n) is 19.5. The molecule has 20 heteroatoms. The van der Waals surface area contributed by atoms with Crippen LogP contribution < -0.4 is 0 Å². The maximum absolute atomic E-state index is 12.5. The molecule has 0 aromatic heterocycles. The lowest BCUT2D eigenvalue weighted by Crippen LogP contribution is -2.26. The Morgan fingerprint density at radius 1 is 0.317 bits per heavy atom. The van der Waals surface area contributed by atoms with Gasteiger partial charge in [-0.1, -0.05) is 69.2 Å². The predicted octanol–water partition coefficient (Wildman–Crippen LogP) is 1.61. The minimum atomic E-state index is -0.883. The lowest BCUT2D eigenvalue weighted by atomic mass is 10.00. The van der Waals surface area contributed by atoms with Gasteiger partial charge in [-0.15, -0.1) is 0 Å². The van der Waals surface area contributed by atoms with Gasteiger partial charge in [-0.05, 0) is 22.3 Å². The van der Waals surface area contributed by atoms with Crippen LogP contribution in [0.15, 0.2) is 69.2 Å². The number of hydrogen-bond donors (Lipinski definition) is 0. The highest BCUT2D eigenvalue weighted by Gasteiger charge is 2.34. The summed E-state index contributed by atoms with van der Waals surface area (Å²) in [5, 5.41) is 16.3. The van der Waals surface area contributed by atoms with Crippen LogP contribution in [0.2, 0.25) is 0 Å². The zero-order valence-electron chi connectivity index (χ0n) is 32.6. The Morgan fingerprint density at radius 3 is 0.733 bits per heavy atom. The summed E-state index contributed by atoms with van der Waals surface area (Å²) in [6.45, 7) is 1.58. The first-order valence-corrected chi connectivity index (χ1v) is 19.5. The maximum atomic E-state index is 12.5. The fourth-order valence-corrected chi connectivity index (χ4v) is 6.23. The lowest BCUT2D eigenvalue weighted by Gasteiger charge is -2.10. The van der Waals surface area contributed by atoms with E-state index in [4.69, 9.17) is 57.2 Å². The molecule has 0 aliphatic carbocycles. The molecule has 12 bridgehead atoms. The van der Waals surface area contributed by atoms with Gasteiger partial charge in [0, 0.05) is 25.7 Å². The molecule has 0 unspecified atom stereocenters. The Bertz CT molecular complexity index is 1670. The minimum Gasteiger partial charge on any atom is -0.460 e. The van der Waals surface area contributed by atoms with Gasteiger partial charge in [-0.25, -0.2) is 19.2 Å². The Balaban J connectivity index is 0.855. The normalized spacial score (nSPS) is 25.6. The van der Waals surface area contributed by atoms with Crippen molar-refractivity contribution in [3.8, 4) is 0 Å². The zero-order valence-corrected chi connectivity index (χ0v) is 32.6. The number of carbonyl (C=O) groups is 4. The maximum Gasteiger partial charge on any atom is 0.350 e. The molecule has 0 amide bonds. The number of rotatable bonds is 0. The van der Waals surface area contributed by atoms with Crippen molar-refractivity contribution < 1.29 is 76.4 Å². The van der Waals surface area contributed by atoms with E-state index in [2.05, 4.69) is 20.6 Å². The monoisotopic (exact) mass is 836 g/mol. The summed E-state index contributed by atoms with van der Waals surface area (Å²) >= 11 is 0. The molecule has 60 heavy (non-hydrogen) atoms. The number of nitrogens with zero attached hydrogens (tertiary/aromatic N) is 4. The number of benzene rings is 2. The summed E-state index contributed by atoms with van der Waals surface area (Å²) < 4.78 is 43.0. The molecular formula is C40H44N4O16. The molecule has 2 aromatic carbocycles. The fourth-order valence-electron chi connectivity index (χ4n) is 6.23. The number of carbonyl (C=O) groups excluding carboxylic acids is 4. The van der Waals surface area contributed by atoms with Crippen LogP contribution in [0.4, 0.5) is 0 Å². The topological polar surface area (TPSA) is 228 Å². The second-order valence-electron chi connectivity index (χ2n) is 13.6. The van der Waals surface area contributed by atoms with E-state index in [1.54, 1.807) is 0 Å². The molecule has 320 valence electrons. The molecule has 0 radical (unpaired) electrons. The van der Waals surface area contributed by atoms with E-state index in [-0.39, 0.29) is 105 Å². The van der Waals surface area contributed by atoms with E-state index in [1.807, 2.05) is 48.5 Å². The first kappa shape index (κ1) is 42.2. The summed E-state index contributed by atoms with van der Waals surface area (Å²) in [5.74, 6) is -2.24. The van der Waals surface area contributed by atoms with E-state index in [1.165, 1.54) is 0 Å². The van der Waals surface area contributed by atoms with Gasteiger partial charge < -0.3 is 57.2 Å². The standard InChI is InChI=1S/C40H44N4O16/c45-37-33-21-29(41-57-33)25-1-2-26(4-3-25)30-22-34(58-42-30)38(46)54-18-14-50-11-12-52-16-20-56-40(48)36-24-32(44-60-36)28-7-5-27(6-8-28)31-23-35(59-43-31)39(47)55-19-15-51-10-9-49-13-17-53-37/h1-8,33-36H,9-24H2/t33-,34-,35-,36-/m1/s1. The molecule has 10 rings (SSSR count). The van der Waals surface area contributed by atoms with Crippen molar-refractivity contribution in [3.63, 3.8) is 0 Å². The van der Waals surface area contributed by atoms with Crippen molar-refractivity contribution in [3.05, 3.63) is 70.8 Å². The third-order valence-electron chi connectivity index (χ3n) is 9.46. The molecule has 8 heterocycles. The molecule has 8 aliphatic rings. The third kappa shape index (κ3) is 11.6. The van der Waals surface area contributed by atoms with E-state index < -0.39 is 48.3 Å². The van der Waals surface area contributed by atoms with Gasteiger partial charge >= 0.3 is 23.9 Å². The quantitative estimate of drug-likeness (QED) is 0.271. The molecule has 2 aromatic rings. The highest BCUT2D eigenvalue weighted by Crippen LogP contribution is 2.23. The fraction of sp³-hybridized carbons (Fsp3) is 0.500. The molecular weight excluding hydrogens is 792 g/mol. The largest absolute Gasteiger partial charge is 0.460 e.